The van der Waals surface area contributed by atoms with Gasteiger partial charge in [-0.1, -0.05) is 33.1 Å². The summed E-state index contributed by atoms with van der Waals surface area (Å²) >= 11 is 0. The first kappa shape index (κ1) is 20.7. The van der Waals surface area contributed by atoms with E-state index in [1.807, 2.05) is 6.92 Å². The monoisotopic (exact) mass is 381 g/mol. The molecule has 7 heteroatoms. The first-order chi connectivity index (χ1) is 12.8. The van der Waals surface area contributed by atoms with Gasteiger partial charge in [-0.2, -0.15) is 13.2 Å². The van der Waals surface area contributed by atoms with Gasteiger partial charge in [0.2, 0.25) is 5.88 Å². The molecule has 2 aromatic rings. The first-order valence-electron chi connectivity index (χ1n) is 8.82. The van der Waals surface area contributed by atoms with Gasteiger partial charge < -0.3 is 9.47 Å². The van der Waals surface area contributed by atoms with E-state index in [9.17, 15) is 18.0 Å². The van der Waals surface area contributed by atoms with Gasteiger partial charge in [0.1, 0.15) is 11.5 Å². The Kier molecular flexibility index (Phi) is 7.21. The molecule has 0 saturated carbocycles. The minimum absolute atomic E-state index is 0.0392. The Labute approximate surface area is 156 Å². The van der Waals surface area contributed by atoms with Gasteiger partial charge in [-0.3, -0.25) is 4.79 Å². The van der Waals surface area contributed by atoms with Crippen LogP contribution < -0.4 is 9.47 Å². The number of rotatable bonds is 8. The fourth-order valence-corrected chi connectivity index (χ4v) is 2.34. The number of carbonyl (C=O) groups excluding carboxylic acids is 1. The molecule has 27 heavy (non-hydrogen) atoms. The molecule has 1 heterocycles. The lowest BCUT2D eigenvalue weighted by Crippen LogP contribution is -2.17. The summed E-state index contributed by atoms with van der Waals surface area (Å²) in [4.78, 5) is 15.7. The molecular weight excluding hydrogens is 359 g/mol. The second-order valence-corrected chi connectivity index (χ2v) is 6.27. The van der Waals surface area contributed by atoms with Crippen molar-refractivity contribution in [3.8, 4) is 17.4 Å². The Hall–Kier alpha value is -2.57. The highest BCUT2D eigenvalue weighted by Gasteiger charge is 2.30. The number of esters is 1. The molecule has 0 fully saturated rings. The van der Waals surface area contributed by atoms with Gasteiger partial charge in [0.25, 0.3) is 0 Å². The van der Waals surface area contributed by atoms with Crippen molar-refractivity contribution in [3.05, 3.63) is 48.2 Å². The Bertz CT molecular complexity index is 728. The fraction of sp³-hybridized carbons (Fsp3) is 0.400. The van der Waals surface area contributed by atoms with E-state index in [0.29, 0.717) is 17.7 Å². The zero-order valence-electron chi connectivity index (χ0n) is 15.3. The maximum absolute atomic E-state index is 12.5. The molecule has 1 unspecified atom stereocenters. The first-order valence-corrected chi connectivity index (χ1v) is 8.82. The molecule has 1 aromatic heterocycles. The number of halogens is 3. The van der Waals surface area contributed by atoms with Gasteiger partial charge in [-0.05, 0) is 36.8 Å². The highest BCUT2D eigenvalue weighted by Crippen LogP contribution is 2.30. The zero-order chi connectivity index (χ0) is 19.9. The predicted octanol–water partition coefficient (Wildman–Crippen LogP) is 6.01. The largest absolute Gasteiger partial charge is 0.439 e. The lowest BCUT2D eigenvalue weighted by Gasteiger charge is -2.11. The van der Waals surface area contributed by atoms with E-state index in [1.54, 1.807) is 24.3 Å². The molecule has 0 amide bonds. The van der Waals surface area contributed by atoms with Crippen molar-refractivity contribution >= 4 is 5.97 Å². The lowest BCUT2D eigenvalue weighted by molar-refractivity contribution is -0.139. The zero-order valence-corrected chi connectivity index (χ0v) is 15.3. The molecule has 0 bridgehead atoms. The molecule has 1 atom stereocenters. The van der Waals surface area contributed by atoms with E-state index < -0.39 is 11.7 Å². The van der Waals surface area contributed by atoms with Crippen LogP contribution in [0.4, 0.5) is 13.2 Å². The Morgan fingerprint density at radius 1 is 1.07 bits per heavy atom. The number of pyridine rings is 1. The number of benzene rings is 1. The van der Waals surface area contributed by atoms with E-state index in [2.05, 4.69) is 11.9 Å². The maximum atomic E-state index is 12.5. The molecule has 4 nitrogen and oxygen atoms in total. The van der Waals surface area contributed by atoms with Gasteiger partial charge in [-0.25, -0.2) is 4.98 Å². The molecule has 0 aliphatic heterocycles. The molecule has 0 N–H and O–H groups in total. The maximum Gasteiger partial charge on any atom is 0.417 e. The molecule has 1 aromatic carbocycles. The van der Waals surface area contributed by atoms with Gasteiger partial charge in [0.05, 0.1) is 11.5 Å². The minimum atomic E-state index is -4.44. The average Bonchev–Trinajstić information content (AvgIpc) is 2.63. The minimum Gasteiger partial charge on any atom is -0.439 e. The van der Waals surface area contributed by atoms with Crippen molar-refractivity contribution in [2.24, 2.45) is 5.92 Å². The van der Waals surface area contributed by atoms with Crippen molar-refractivity contribution in [1.82, 2.24) is 4.98 Å². The smallest absolute Gasteiger partial charge is 0.417 e. The highest BCUT2D eigenvalue weighted by atomic mass is 19.4. The summed E-state index contributed by atoms with van der Waals surface area (Å²) in [6.45, 7) is 3.94. The van der Waals surface area contributed by atoms with Crippen LogP contribution in [0.5, 0.6) is 17.4 Å². The number of ether oxygens (including phenoxy) is 2. The van der Waals surface area contributed by atoms with E-state index in [0.717, 1.165) is 37.8 Å². The number of unbranched alkanes of at least 4 members (excludes halogenated alkanes) is 2. The number of alkyl halides is 3. The van der Waals surface area contributed by atoms with Crippen LogP contribution in [0.1, 0.15) is 45.1 Å². The molecular formula is C20H22F3NO3. The quantitative estimate of drug-likeness (QED) is 0.319. The summed E-state index contributed by atoms with van der Waals surface area (Å²) in [5.74, 6) is 0.332. The molecule has 0 saturated heterocycles. The van der Waals surface area contributed by atoms with Crippen LogP contribution in [0.25, 0.3) is 0 Å². The summed E-state index contributed by atoms with van der Waals surface area (Å²) in [6, 6.07) is 8.30. The van der Waals surface area contributed by atoms with Crippen molar-refractivity contribution < 1.29 is 27.4 Å². The third kappa shape index (κ3) is 6.58. The Morgan fingerprint density at radius 2 is 1.74 bits per heavy atom. The van der Waals surface area contributed by atoms with Crippen LogP contribution in [0.2, 0.25) is 0 Å². The number of nitrogens with zero attached hydrogens (tertiary/aromatic N) is 1. The third-order valence-electron chi connectivity index (χ3n) is 3.97. The Balaban J connectivity index is 1.90. The second kappa shape index (κ2) is 9.39. The highest BCUT2D eigenvalue weighted by molar-refractivity contribution is 5.74. The van der Waals surface area contributed by atoms with Gasteiger partial charge in [0, 0.05) is 12.3 Å². The average molecular weight is 381 g/mol. The van der Waals surface area contributed by atoms with E-state index in [4.69, 9.17) is 9.47 Å². The van der Waals surface area contributed by atoms with Crippen LogP contribution in [0, 0.1) is 5.92 Å². The SMILES string of the molecule is CCCCCC(C)C(=O)Oc1ccc(Oc2ccc(C(F)(F)F)cn2)cc1. The fourth-order valence-electron chi connectivity index (χ4n) is 2.34. The van der Waals surface area contributed by atoms with Gasteiger partial charge >= 0.3 is 12.1 Å². The predicted molar refractivity (Wildman–Crippen MR) is 94.7 cm³/mol. The standard InChI is InChI=1S/C20H22F3NO3/c1-3-4-5-6-14(2)19(25)27-17-10-8-16(9-11-17)26-18-12-7-15(13-24-18)20(21,22)23/h7-14H,3-6H2,1-2H3. The van der Waals surface area contributed by atoms with Crippen LogP contribution in [0.3, 0.4) is 0 Å². The third-order valence-corrected chi connectivity index (χ3v) is 3.97. The molecule has 0 aliphatic rings. The van der Waals surface area contributed by atoms with E-state index in [1.165, 1.54) is 0 Å². The number of aromatic nitrogens is 1. The Morgan fingerprint density at radius 3 is 2.30 bits per heavy atom. The molecule has 0 aliphatic carbocycles. The molecule has 2 rings (SSSR count). The topological polar surface area (TPSA) is 48.4 Å². The normalized spacial score (nSPS) is 12.5. The summed E-state index contributed by atoms with van der Waals surface area (Å²) in [5, 5.41) is 0. The van der Waals surface area contributed by atoms with Gasteiger partial charge in [0.15, 0.2) is 0 Å². The molecule has 146 valence electrons. The summed E-state index contributed by atoms with van der Waals surface area (Å²) in [6.07, 6.45) is 0.224. The summed E-state index contributed by atoms with van der Waals surface area (Å²) < 4.78 is 48.3. The molecule has 0 spiro atoms. The number of carbonyl (C=O) groups is 1. The van der Waals surface area contributed by atoms with Crippen LogP contribution >= 0.6 is 0 Å². The lowest BCUT2D eigenvalue weighted by atomic mass is 10.0. The van der Waals surface area contributed by atoms with Crippen molar-refractivity contribution in [1.29, 1.82) is 0 Å². The van der Waals surface area contributed by atoms with Crippen LogP contribution in [0.15, 0.2) is 42.6 Å². The summed E-state index contributed by atoms with van der Waals surface area (Å²) in [5.41, 5.74) is -0.842. The van der Waals surface area contributed by atoms with Gasteiger partial charge in [-0.15, -0.1) is 0 Å². The van der Waals surface area contributed by atoms with Crippen molar-refractivity contribution in [3.63, 3.8) is 0 Å². The van der Waals surface area contributed by atoms with E-state index in [-0.39, 0.29) is 17.8 Å². The van der Waals surface area contributed by atoms with Crippen molar-refractivity contribution in [2.75, 3.05) is 0 Å². The van der Waals surface area contributed by atoms with Crippen molar-refractivity contribution in [2.45, 2.75) is 45.7 Å². The number of hydrogen-bond donors (Lipinski definition) is 0. The van der Waals surface area contributed by atoms with Crippen LogP contribution in [-0.2, 0) is 11.0 Å². The number of hydrogen-bond acceptors (Lipinski definition) is 4. The van der Waals surface area contributed by atoms with Crippen LogP contribution in [-0.4, -0.2) is 11.0 Å². The van der Waals surface area contributed by atoms with E-state index >= 15 is 0 Å². The molecule has 0 radical (unpaired) electrons. The second-order valence-electron chi connectivity index (χ2n) is 6.27. The summed E-state index contributed by atoms with van der Waals surface area (Å²) in [7, 11) is 0.